The summed E-state index contributed by atoms with van der Waals surface area (Å²) < 4.78 is 5.42. The van der Waals surface area contributed by atoms with Gasteiger partial charge in [0.25, 0.3) is 11.1 Å². The maximum absolute atomic E-state index is 11.9. The summed E-state index contributed by atoms with van der Waals surface area (Å²) in [5.41, 5.74) is 1.26. The summed E-state index contributed by atoms with van der Waals surface area (Å²) in [4.78, 5) is 23.7. The van der Waals surface area contributed by atoms with Crippen LogP contribution in [0.25, 0.3) is 33.7 Å². The third-order valence-corrected chi connectivity index (χ3v) is 4.42. The molecule has 26 heavy (non-hydrogen) atoms. The third-order valence-electron chi connectivity index (χ3n) is 4.42. The summed E-state index contributed by atoms with van der Waals surface area (Å²) in [5.74, 6) is 0.828. The summed E-state index contributed by atoms with van der Waals surface area (Å²) >= 11 is 0. The molecular formula is C21H16N2O3. The second-order valence-electron chi connectivity index (χ2n) is 5.95. The fraction of sp³-hybridized carbons (Fsp3) is 0.0476. The van der Waals surface area contributed by atoms with Crippen LogP contribution in [-0.2, 0) is 0 Å². The van der Waals surface area contributed by atoms with E-state index in [0.29, 0.717) is 10.8 Å². The monoisotopic (exact) mass is 344 g/mol. The Morgan fingerprint density at radius 1 is 0.769 bits per heavy atom. The van der Waals surface area contributed by atoms with Crippen LogP contribution in [0, 0.1) is 0 Å². The number of H-pyrrole nitrogens is 2. The van der Waals surface area contributed by atoms with Gasteiger partial charge in [0.2, 0.25) is 0 Å². The van der Waals surface area contributed by atoms with Crippen LogP contribution in [0.4, 0.5) is 0 Å². The highest BCUT2D eigenvalue weighted by Crippen LogP contribution is 2.29. The summed E-state index contributed by atoms with van der Waals surface area (Å²) in [6.45, 7) is 0. The minimum Gasteiger partial charge on any atom is -0.496 e. The number of rotatable bonds is 3. The molecule has 128 valence electrons. The van der Waals surface area contributed by atoms with E-state index in [2.05, 4.69) is 10.2 Å². The van der Waals surface area contributed by atoms with Crippen molar-refractivity contribution in [3.8, 4) is 5.75 Å². The van der Waals surface area contributed by atoms with Crippen LogP contribution in [0.2, 0.25) is 0 Å². The lowest BCUT2D eigenvalue weighted by atomic mass is 10.0. The summed E-state index contributed by atoms with van der Waals surface area (Å²) in [7, 11) is 1.66. The fourth-order valence-electron chi connectivity index (χ4n) is 3.10. The first kappa shape index (κ1) is 15.9. The Balaban J connectivity index is 1.81. The van der Waals surface area contributed by atoms with Gasteiger partial charge in [-0.1, -0.05) is 48.6 Å². The van der Waals surface area contributed by atoms with Gasteiger partial charge in [-0.05, 0) is 34.7 Å². The van der Waals surface area contributed by atoms with Crippen LogP contribution < -0.4 is 15.9 Å². The van der Waals surface area contributed by atoms with Gasteiger partial charge in [-0.25, -0.2) is 0 Å². The number of ether oxygens (including phenoxy) is 1. The topological polar surface area (TPSA) is 75.0 Å². The molecule has 1 heterocycles. The Morgan fingerprint density at radius 3 is 2.27 bits per heavy atom. The molecule has 0 bridgehead atoms. The lowest BCUT2D eigenvalue weighted by Gasteiger charge is -2.08. The standard InChI is InChI=1S/C21H16N2O3/c1-26-19-11-9-14(15-4-2-3-5-16(15)19)8-6-13-7-10-17-18(12-13)21(25)23-22-20(17)24/h2-12H,1H3,(H,22,24)(H,23,25)/b8-6+. The molecule has 4 rings (SSSR count). The number of hydrogen-bond acceptors (Lipinski definition) is 3. The zero-order chi connectivity index (χ0) is 18.1. The largest absolute Gasteiger partial charge is 0.496 e. The van der Waals surface area contributed by atoms with Gasteiger partial charge in [-0.3, -0.25) is 19.8 Å². The predicted molar refractivity (Wildman–Crippen MR) is 105 cm³/mol. The number of hydrogen-bond donors (Lipinski definition) is 2. The molecule has 0 spiro atoms. The first-order valence-corrected chi connectivity index (χ1v) is 8.16. The van der Waals surface area contributed by atoms with Crippen LogP contribution >= 0.6 is 0 Å². The first-order chi connectivity index (χ1) is 12.7. The smallest absolute Gasteiger partial charge is 0.270 e. The van der Waals surface area contributed by atoms with Crippen molar-refractivity contribution in [2.45, 2.75) is 0 Å². The van der Waals surface area contributed by atoms with Crippen LogP contribution in [0.5, 0.6) is 5.75 Å². The highest BCUT2D eigenvalue weighted by Gasteiger charge is 2.05. The van der Waals surface area contributed by atoms with E-state index in [1.807, 2.05) is 54.6 Å². The van der Waals surface area contributed by atoms with E-state index < -0.39 is 0 Å². The molecule has 5 heteroatoms. The molecule has 5 nitrogen and oxygen atoms in total. The molecule has 0 unspecified atom stereocenters. The van der Waals surface area contributed by atoms with Crippen LogP contribution in [0.1, 0.15) is 11.1 Å². The Kier molecular flexibility index (Phi) is 3.89. The third kappa shape index (κ3) is 2.69. The molecule has 1 aromatic heterocycles. The molecule has 0 aliphatic rings. The van der Waals surface area contributed by atoms with Crippen molar-refractivity contribution in [3.63, 3.8) is 0 Å². The Labute approximate surface area is 148 Å². The summed E-state index contributed by atoms with van der Waals surface area (Å²) in [6, 6.07) is 17.2. The Bertz CT molecular complexity index is 1270. The Morgan fingerprint density at radius 2 is 1.50 bits per heavy atom. The average Bonchev–Trinajstić information content (AvgIpc) is 2.69. The molecule has 0 radical (unpaired) electrons. The normalized spacial score (nSPS) is 11.4. The molecule has 0 saturated carbocycles. The number of benzene rings is 3. The van der Waals surface area contributed by atoms with Crippen molar-refractivity contribution in [3.05, 3.63) is 86.4 Å². The number of methoxy groups -OCH3 is 1. The van der Waals surface area contributed by atoms with Gasteiger partial charge in [0.1, 0.15) is 5.75 Å². The SMILES string of the molecule is COc1ccc(/C=C/c2ccc3c(=O)[nH][nH]c(=O)c3c2)c2ccccc12. The van der Waals surface area contributed by atoms with Crippen molar-refractivity contribution in [2.24, 2.45) is 0 Å². The lowest BCUT2D eigenvalue weighted by molar-refractivity contribution is 0.420. The summed E-state index contributed by atoms with van der Waals surface area (Å²) in [6.07, 6.45) is 3.92. The van der Waals surface area contributed by atoms with Gasteiger partial charge in [-0.15, -0.1) is 0 Å². The molecule has 0 saturated heterocycles. The second-order valence-corrected chi connectivity index (χ2v) is 5.95. The van der Waals surface area contributed by atoms with E-state index in [1.165, 1.54) is 0 Å². The van der Waals surface area contributed by atoms with E-state index in [-0.39, 0.29) is 11.1 Å². The maximum atomic E-state index is 11.9. The van der Waals surface area contributed by atoms with Gasteiger partial charge in [0.05, 0.1) is 17.9 Å². The van der Waals surface area contributed by atoms with Crippen molar-refractivity contribution < 1.29 is 4.74 Å². The van der Waals surface area contributed by atoms with E-state index in [4.69, 9.17) is 4.74 Å². The summed E-state index contributed by atoms with van der Waals surface area (Å²) in [5, 5.41) is 7.55. The van der Waals surface area contributed by atoms with Crippen molar-refractivity contribution in [1.29, 1.82) is 0 Å². The highest BCUT2D eigenvalue weighted by molar-refractivity contribution is 5.97. The fourth-order valence-corrected chi connectivity index (χ4v) is 3.10. The number of nitrogens with one attached hydrogen (secondary N) is 2. The quantitative estimate of drug-likeness (QED) is 0.558. The molecule has 0 aliphatic heterocycles. The van der Waals surface area contributed by atoms with Gasteiger partial charge in [0, 0.05) is 5.39 Å². The predicted octanol–water partition coefficient (Wildman–Crippen LogP) is 3.55. The number of aromatic amines is 2. The average molecular weight is 344 g/mol. The van der Waals surface area contributed by atoms with Gasteiger partial charge >= 0.3 is 0 Å². The molecule has 3 aromatic carbocycles. The molecule has 4 aromatic rings. The van der Waals surface area contributed by atoms with E-state index in [0.717, 1.165) is 27.6 Å². The van der Waals surface area contributed by atoms with Crippen molar-refractivity contribution >= 4 is 33.7 Å². The zero-order valence-corrected chi connectivity index (χ0v) is 14.1. The van der Waals surface area contributed by atoms with Gasteiger partial charge in [0.15, 0.2) is 0 Å². The molecular weight excluding hydrogens is 328 g/mol. The number of aromatic nitrogens is 2. The number of fused-ring (bicyclic) bond motifs is 2. The highest BCUT2D eigenvalue weighted by atomic mass is 16.5. The Hall–Kier alpha value is -3.60. The van der Waals surface area contributed by atoms with Gasteiger partial charge in [-0.2, -0.15) is 0 Å². The van der Waals surface area contributed by atoms with E-state index >= 15 is 0 Å². The van der Waals surface area contributed by atoms with Crippen LogP contribution in [-0.4, -0.2) is 17.3 Å². The first-order valence-electron chi connectivity index (χ1n) is 8.16. The van der Waals surface area contributed by atoms with E-state index in [1.54, 1.807) is 19.2 Å². The molecule has 0 atom stereocenters. The maximum Gasteiger partial charge on any atom is 0.270 e. The molecule has 0 aliphatic carbocycles. The molecule has 0 amide bonds. The van der Waals surface area contributed by atoms with Crippen molar-refractivity contribution in [1.82, 2.24) is 10.2 Å². The minimum absolute atomic E-state index is 0.309. The van der Waals surface area contributed by atoms with Crippen LogP contribution in [0.15, 0.2) is 64.2 Å². The van der Waals surface area contributed by atoms with E-state index in [9.17, 15) is 9.59 Å². The molecule has 0 fully saturated rings. The lowest BCUT2D eigenvalue weighted by Crippen LogP contribution is -2.18. The van der Waals surface area contributed by atoms with Crippen molar-refractivity contribution in [2.75, 3.05) is 7.11 Å². The van der Waals surface area contributed by atoms with Gasteiger partial charge < -0.3 is 4.74 Å². The second kappa shape index (κ2) is 6.37. The molecule has 2 N–H and O–H groups in total. The zero-order valence-electron chi connectivity index (χ0n) is 14.1. The van der Waals surface area contributed by atoms with Crippen LogP contribution in [0.3, 0.4) is 0 Å². The minimum atomic E-state index is -0.315.